The lowest BCUT2D eigenvalue weighted by molar-refractivity contribution is -0.117. The Morgan fingerprint density at radius 3 is 2.67 bits per heavy atom. The molecule has 0 spiro atoms. The highest BCUT2D eigenvalue weighted by molar-refractivity contribution is 7.17. The molecule has 0 bridgehead atoms. The van der Waals surface area contributed by atoms with Crippen LogP contribution in [0.3, 0.4) is 0 Å². The third-order valence-corrected chi connectivity index (χ3v) is 7.80. The van der Waals surface area contributed by atoms with Crippen molar-refractivity contribution in [2.75, 3.05) is 38.0 Å². The number of hydrogen-bond donors (Lipinski definition) is 2. The van der Waals surface area contributed by atoms with Gasteiger partial charge in [0.05, 0.1) is 17.0 Å². The maximum Gasteiger partial charge on any atom is 0.264 e. The number of fused-ring (bicyclic) bond motifs is 1. The number of amides is 3. The van der Waals surface area contributed by atoms with E-state index in [1.165, 1.54) is 27.6 Å². The minimum Gasteiger partial charge on any atom is -0.365 e. The number of carbonyl (C=O) groups is 3. The van der Waals surface area contributed by atoms with Gasteiger partial charge in [-0.2, -0.15) is 0 Å². The molecule has 3 amide bonds. The Morgan fingerprint density at radius 1 is 1.23 bits per heavy atom. The summed E-state index contributed by atoms with van der Waals surface area (Å²) >= 11 is 2.93. The zero-order chi connectivity index (χ0) is 21.3. The lowest BCUT2D eigenvalue weighted by Crippen LogP contribution is -2.50. The fraction of sp³-hybridized carbons (Fsp3) is 0.476. The Kier molecular flexibility index (Phi) is 6.21. The Hall–Kier alpha value is -2.23. The van der Waals surface area contributed by atoms with Gasteiger partial charge in [0.25, 0.3) is 11.8 Å². The Bertz CT molecular complexity index is 946. The molecule has 1 saturated heterocycles. The fourth-order valence-corrected chi connectivity index (χ4v) is 6.26. The molecular formula is C21H26N4O3S2. The van der Waals surface area contributed by atoms with Crippen LogP contribution in [-0.4, -0.2) is 60.2 Å². The number of anilines is 1. The molecule has 160 valence electrons. The maximum absolute atomic E-state index is 12.7. The first-order chi connectivity index (χ1) is 14.4. The molecule has 0 aromatic carbocycles. The zero-order valence-corrected chi connectivity index (χ0v) is 18.6. The number of primary amides is 1. The molecule has 1 atom stereocenters. The minimum atomic E-state index is -0.474. The summed E-state index contributed by atoms with van der Waals surface area (Å²) in [5.74, 6) is 0.00689. The highest BCUT2D eigenvalue weighted by Crippen LogP contribution is 2.39. The van der Waals surface area contributed by atoms with Gasteiger partial charge in [-0.3, -0.25) is 19.3 Å². The summed E-state index contributed by atoms with van der Waals surface area (Å²) in [4.78, 5) is 42.9. The van der Waals surface area contributed by atoms with E-state index in [0.29, 0.717) is 42.7 Å². The van der Waals surface area contributed by atoms with Gasteiger partial charge >= 0.3 is 0 Å². The predicted molar refractivity (Wildman–Crippen MR) is 119 cm³/mol. The van der Waals surface area contributed by atoms with Crippen molar-refractivity contribution in [3.63, 3.8) is 0 Å². The molecule has 0 unspecified atom stereocenters. The largest absolute Gasteiger partial charge is 0.365 e. The van der Waals surface area contributed by atoms with Gasteiger partial charge in [-0.1, -0.05) is 13.0 Å². The average Bonchev–Trinajstić information content (AvgIpc) is 3.35. The molecule has 2 aromatic heterocycles. The van der Waals surface area contributed by atoms with Crippen LogP contribution >= 0.6 is 22.7 Å². The van der Waals surface area contributed by atoms with Crippen LogP contribution < -0.4 is 11.1 Å². The number of thiophene rings is 2. The van der Waals surface area contributed by atoms with E-state index < -0.39 is 5.91 Å². The topological polar surface area (TPSA) is 95.7 Å². The first-order valence-electron chi connectivity index (χ1n) is 10.2. The van der Waals surface area contributed by atoms with Crippen molar-refractivity contribution in [2.45, 2.75) is 26.2 Å². The summed E-state index contributed by atoms with van der Waals surface area (Å²) in [6.45, 7) is 4.92. The molecule has 0 radical (unpaired) electrons. The van der Waals surface area contributed by atoms with Gasteiger partial charge in [0.15, 0.2) is 0 Å². The van der Waals surface area contributed by atoms with Gasteiger partial charge in [-0.25, -0.2) is 0 Å². The summed E-state index contributed by atoms with van der Waals surface area (Å²) in [6.07, 6.45) is 2.80. The molecule has 1 fully saturated rings. The third-order valence-electron chi connectivity index (χ3n) is 5.77. The van der Waals surface area contributed by atoms with Crippen LogP contribution in [0.1, 0.15) is 43.8 Å². The van der Waals surface area contributed by atoms with Gasteiger partial charge in [-0.15, -0.1) is 22.7 Å². The van der Waals surface area contributed by atoms with Crippen molar-refractivity contribution in [1.29, 1.82) is 0 Å². The molecule has 9 heteroatoms. The van der Waals surface area contributed by atoms with Gasteiger partial charge in [-0.05, 0) is 42.2 Å². The molecular weight excluding hydrogens is 420 g/mol. The number of nitrogens with one attached hydrogen (secondary N) is 1. The standard InChI is InChI=1S/C21H26N4O3S2/c1-13-4-5-14-16(11-13)30-20(18(14)19(22)27)23-17(26)12-24-6-8-25(9-7-24)21(28)15-3-2-10-29-15/h2-3,10,13H,4-9,11-12H2,1H3,(H2,22,27)(H,23,26)/t13-/m1/s1. The first kappa shape index (κ1) is 21.0. The van der Waals surface area contributed by atoms with Crippen molar-refractivity contribution >= 4 is 45.4 Å². The summed E-state index contributed by atoms with van der Waals surface area (Å²) in [5, 5.41) is 5.41. The van der Waals surface area contributed by atoms with E-state index in [0.717, 1.165) is 29.7 Å². The van der Waals surface area contributed by atoms with Crippen LogP contribution in [0.5, 0.6) is 0 Å². The number of rotatable bonds is 5. The number of carbonyl (C=O) groups excluding carboxylic acids is 3. The second kappa shape index (κ2) is 8.87. The molecule has 4 rings (SSSR count). The molecule has 2 aliphatic rings. The summed E-state index contributed by atoms with van der Waals surface area (Å²) in [5.41, 5.74) is 7.13. The SMILES string of the molecule is C[C@@H]1CCc2c(sc(NC(=O)CN3CCN(C(=O)c4cccs4)CC3)c2C(N)=O)C1. The van der Waals surface area contributed by atoms with Crippen LogP contribution in [0, 0.1) is 5.92 Å². The van der Waals surface area contributed by atoms with Crippen LogP contribution in [0.4, 0.5) is 5.00 Å². The van der Waals surface area contributed by atoms with Crippen LogP contribution in [-0.2, 0) is 17.6 Å². The van der Waals surface area contributed by atoms with E-state index >= 15 is 0 Å². The summed E-state index contributed by atoms with van der Waals surface area (Å²) in [6, 6.07) is 3.71. The lowest BCUT2D eigenvalue weighted by atomic mass is 9.88. The molecule has 2 aromatic rings. The Morgan fingerprint density at radius 2 is 2.00 bits per heavy atom. The normalized spacial score (nSPS) is 19.4. The highest BCUT2D eigenvalue weighted by atomic mass is 32.1. The zero-order valence-electron chi connectivity index (χ0n) is 17.0. The molecule has 1 aliphatic heterocycles. The summed E-state index contributed by atoms with van der Waals surface area (Å²) in [7, 11) is 0. The van der Waals surface area contributed by atoms with Crippen molar-refractivity contribution < 1.29 is 14.4 Å². The molecule has 30 heavy (non-hydrogen) atoms. The van der Waals surface area contributed by atoms with E-state index in [-0.39, 0.29) is 18.4 Å². The Labute approximate surface area is 183 Å². The van der Waals surface area contributed by atoms with Gasteiger partial charge in [0.2, 0.25) is 5.91 Å². The molecule has 1 aliphatic carbocycles. The highest BCUT2D eigenvalue weighted by Gasteiger charge is 2.28. The molecule has 3 heterocycles. The third kappa shape index (κ3) is 4.43. The van der Waals surface area contributed by atoms with E-state index in [2.05, 4.69) is 12.2 Å². The van der Waals surface area contributed by atoms with Gasteiger partial charge in [0, 0.05) is 31.1 Å². The molecule has 7 nitrogen and oxygen atoms in total. The van der Waals surface area contributed by atoms with Crippen molar-refractivity contribution in [3.05, 3.63) is 38.4 Å². The van der Waals surface area contributed by atoms with Crippen LogP contribution in [0.2, 0.25) is 0 Å². The van der Waals surface area contributed by atoms with E-state index in [9.17, 15) is 14.4 Å². The quantitative estimate of drug-likeness (QED) is 0.737. The second-order valence-electron chi connectivity index (χ2n) is 8.01. The van der Waals surface area contributed by atoms with Crippen molar-refractivity contribution in [1.82, 2.24) is 9.80 Å². The van der Waals surface area contributed by atoms with E-state index in [1.807, 2.05) is 27.3 Å². The minimum absolute atomic E-state index is 0.0543. The van der Waals surface area contributed by atoms with Gasteiger partial charge in [0.1, 0.15) is 5.00 Å². The maximum atomic E-state index is 12.7. The van der Waals surface area contributed by atoms with Crippen LogP contribution in [0.25, 0.3) is 0 Å². The number of nitrogens with two attached hydrogens (primary N) is 1. The first-order valence-corrected chi connectivity index (χ1v) is 11.9. The van der Waals surface area contributed by atoms with E-state index in [4.69, 9.17) is 5.73 Å². The van der Waals surface area contributed by atoms with Crippen molar-refractivity contribution in [2.24, 2.45) is 11.7 Å². The number of hydrogen-bond acceptors (Lipinski definition) is 6. The van der Waals surface area contributed by atoms with Crippen LogP contribution in [0.15, 0.2) is 17.5 Å². The molecule has 3 N–H and O–H groups in total. The Balaban J connectivity index is 1.35. The molecule has 0 saturated carbocycles. The second-order valence-corrected chi connectivity index (χ2v) is 10.1. The van der Waals surface area contributed by atoms with E-state index in [1.54, 1.807) is 0 Å². The smallest absolute Gasteiger partial charge is 0.264 e. The number of nitrogens with zero attached hydrogens (tertiary/aromatic N) is 2. The summed E-state index contributed by atoms with van der Waals surface area (Å²) < 4.78 is 0. The lowest BCUT2D eigenvalue weighted by Gasteiger charge is -2.34. The average molecular weight is 447 g/mol. The monoisotopic (exact) mass is 446 g/mol. The fourth-order valence-electron chi connectivity index (χ4n) is 4.13. The predicted octanol–water partition coefficient (Wildman–Crippen LogP) is 2.43. The van der Waals surface area contributed by atoms with Gasteiger partial charge < -0.3 is 16.0 Å². The number of piperazine rings is 1. The van der Waals surface area contributed by atoms with Crippen molar-refractivity contribution in [3.8, 4) is 0 Å².